The number of ether oxygens (including phenoxy) is 2. The summed E-state index contributed by atoms with van der Waals surface area (Å²) < 4.78 is 10.8. The number of aromatic nitrogens is 1. The molecule has 1 aromatic heterocycles. The van der Waals surface area contributed by atoms with Gasteiger partial charge in [-0.05, 0) is 19.1 Å². The fourth-order valence-electron chi connectivity index (χ4n) is 2.94. The number of Topliss-reactive ketones (excluding diaryl/α,β-unsaturated/α-hetero) is 1. The molecule has 0 radical (unpaired) electrons. The number of nitrogens with zero attached hydrogens (tertiary/aromatic N) is 3. The lowest BCUT2D eigenvalue weighted by Gasteiger charge is -2.32. The molecule has 3 rings (SSSR count). The molecule has 1 aromatic rings. The summed E-state index contributed by atoms with van der Waals surface area (Å²) in [5.74, 6) is 1.12. The first-order valence-electron chi connectivity index (χ1n) is 8.59. The highest BCUT2D eigenvalue weighted by Crippen LogP contribution is 2.28. The molecule has 0 spiro atoms. The number of pyridine rings is 1. The molecule has 3 heterocycles. The Bertz CT molecular complexity index is 625. The van der Waals surface area contributed by atoms with E-state index in [-0.39, 0.29) is 18.1 Å². The first-order chi connectivity index (χ1) is 12.1. The Labute approximate surface area is 147 Å². The molecule has 2 aliphatic rings. The number of carbonyl (C=O) groups is 2. The maximum absolute atomic E-state index is 12.0. The van der Waals surface area contributed by atoms with Gasteiger partial charge in [-0.3, -0.25) is 9.59 Å². The highest BCUT2D eigenvalue weighted by atomic mass is 16.5. The van der Waals surface area contributed by atoms with Gasteiger partial charge in [-0.2, -0.15) is 0 Å². The molecule has 0 aromatic carbocycles. The standard InChI is InChI=1S/C17H24N4O4/c1-13(22)12-16(23)18-14-2-3-15(20-4-8-24-9-5-20)19-17(14)21-6-10-25-11-7-21/h2-3H,4-12H2,1H3,(H,18,23). The van der Waals surface area contributed by atoms with Crippen LogP contribution in [0.1, 0.15) is 13.3 Å². The predicted molar refractivity (Wildman–Crippen MR) is 94.2 cm³/mol. The number of morpholine rings is 2. The largest absolute Gasteiger partial charge is 0.378 e. The lowest BCUT2D eigenvalue weighted by Crippen LogP contribution is -2.39. The molecular weight excluding hydrogens is 324 g/mol. The van der Waals surface area contributed by atoms with Gasteiger partial charge >= 0.3 is 0 Å². The van der Waals surface area contributed by atoms with Crippen LogP contribution in [0.3, 0.4) is 0 Å². The zero-order valence-corrected chi connectivity index (χ0v) is 14.5. The molecule has 0 aliphatic carbocycles. The molecule has 0 unspecified atom stereocenters. The number of amides is 1. The van der Waals surface area contributed by atoms with E-state index in [4.69, 9.17) is 14.5 Å². The molecule has 136 valence electrons. The summed E-state index contributed by atoms with van der Waals surface area (Å²) in [6.07, 6.45) is -0.131. The molecule has 0 atom stereocenters. The molecule has 8 heteroatoms. The monoisotopic (exact) mass is 348 g/mol. The van der Waals surface area contributed by atoms with Gasteiger partial charge in [0, 0.05) is 26.2 Å². The van der Waals surface area contributed by atoms with Gasteiger partial charge in [0.2, 0.25) is 5.91 Å². The van der Waals surface area contributed by atoms with Crippen molar-refractivity contribution in [1.29, 1.82) is 0 Å². The van der Waals surface area contributed by atoms with Crippen molar-refractivity contribution in [3.63, 3.8) is 0 Å². The zero-order valence-electron chi connectivity index (χ0n) is 14.5. The van der Waals surface area contributed by atoms with E-state index in [2.05, 4.69) is 15.1 Å². The fourth-order valence-corrected chi connectivity index (χ4v) is 2.94. The average Bonchev–Trinajstić information content (AvgIpc) is 2.63. The van der Waals surface area contributed by atoms with Gasteiger partial charge in [-0.15, -0.1) is 0 Å². The van der Waals surface area contributed by atoms with Gasteiger partial charge in [0.05, 0.1) is 38.5 Å². The summed E-state index contributed by atoms with van der Waals surface area (Å²) in [4.78, 5) is 32.3. The van der Waals surface area contributed by atoms with Crippen LogP contribution < -0.4 is 15.1 Å². The van der Waals surface area contributed by atoms with Crippen LogP contribution in [0.15, 0.2) is 12.1 Å². The number of hydrogen-bond donors (Lipinski definition) is 1. The molecular formula is C17H24N4O4. The molecule has 2 saturated heterocycles. The number of ketones is 1. The maximum Gasteiger partial charge on any atom is 0.231 e. The Kier molecular flexibility index (Phi) is 5.83. The molecule has 0 saturated carbocycles. The second kappa shape index (κ2) is 8.26. The van der Waals surface area contributed by atoms with Gasteiger partial charge < -0.3 is 24.6 Å². The minimum atomic E-state index is -0.317. The predicted octanol–water partition coefficient (Wildman–Crippen LogP) is 0.672. The smallest absolute Gasteiger partial charge is 0.231 e. The normalized spacial score (nSPS) is 18.1. The third-order valence-electron chi connectivity index (χ3n) is 4.19. The molecule has 0 bridgehead atoms. The van der Waals surface area contributed by atoms with Crippen LogP contribution in [0, 0.1) is 0 Å². The summed E-state index contributed by atoms with van der Waals surface area (Å²) in [5, 5.41) is 2.82. The molecule has 25 heavy (non-hydrogen) atoms. The quantitative estimate of drug-likeness (QED) is 0.783. The van der Waals surface area contributed by atoms with Crippen molar-refractivity contribution in [2.24, 2.45) is 0 Å². The molecule has 1 N–H and O–H groups in total. The van der Waals surface area contributed by atoms with Crippen LogP contribution in [0.4, 0.5) is 17.3 Å². The number of nitrogens with one attached hydrogen (secondary N) is 1. The summed E-state index contributed by atoms with van der Waals surface area (Å²) in [6, 6.07) is 3.76. The molecule has 1 amide bonds. The van der Waals surface area contributed by atoms with Crippen molar-refractivity contribution in [3.8, 4) is 0 Å². The SMILES string of the molecule is CC(=O)CC(=O)Nc1ccc(N2CCOCC2)nc1N1CCOCC1. The maximum atomic E-state index is 12.0. The van der Waals surface area contributed by atoms with Gasteiger partial charge in [0.25, 0.3) is 0 Å². The highest BCUT2D eigenvalue weighted by Gasteiger charge is 2.21. The highest BCUT2D eigenvalue weighted by molar-refractivity contribution is 6.04. The Balaban J connectivity index is 1.84. The van der Waals surface area contributed by atoms with Crippen LogP contribution in [0.25, 0.3) is 0 Å². The Morgan fingerprint density at radius 2 is 1.64 bits per heavy atom. The first kappa shape index (κ1) is 17.6. The van der Waals surface area contributed by atoms with E-state index in [1.807, 2.05) is 12.1 Å². The van der Waals surface area contributed by atoms with Crippen molar-refractivity contribution in [3.05, 3.63) is 12.1 Å². The second-order valence-corrected chi connectivity index (χ2v) is 6.17. The van der Waals surface area contributed by atoms with Crippen LogP contribution in [-0.2, 0) is 19.1 Å². The van der Waals surface area contributed by atoms with E-state index in [1.165, 1.54) is 6.92 Å². The van der Waals surface area contributed by atoms with Crippen LogP contribution in [0.5, 0.6) is 0 Å². The zero-order chi connectivity index (χ0) is 17.6. The third-order valence-corrected chi connectivity index (χ3v) is 4.19. The summed E-state index contributed by atoms with van der Waals surface area (Å²) in [7, 11) is 0. The van der Waals surface area contributed by atoms with Gasteiger partial charge in [0.1, 0.15) is 11.6 Å². The minimum Gasteiger partial charge on any atom is -0.378 e. The first-order valence-corrected chi connectivity index (χ1v) is 8.59. The van der Waals surface area contributed by atoms with Gasteiger partial charge in [0.15, 0.2) is 5.82 Å². The topological polar surface area (TPSA) is 84.0 Å². The van der Waals surface area contributed by atoms with Crippen molar-refractivity contribution < 1.29 is 19.1 Å². The van der Waals surface area contributed by atoms with Crippen LogP contribution in [-0.4, -0.2) is 69.3 Å². The van der Waals surface area contributed by atoms with Crippen molar-refractivity contribution in [2.45, 2.75) is 13.3 Å². The van der Waals surface area contributed by atoms with E-state index in [0.29, 0.717) is 32.1 Å². The lowest BCUT2D eigenvalue weighted by molar-refractivity contribution is -0.124. The summed E-state index contributed by atoms with van der Waals surface area (Å²) in [5.41, 5.74) is 0.630. The number of carbonyl (C=O) groups excluding carboxylic acids is 2. The van der Waals surface area contributed by atoms with Crippen molar-refractivity contribution in [2.75, 3.05) is 67.7 Å². The van der Waals surface area contributed by atoms with E-state index in [0.717, 1.165) is 37.8 Å². The Hall–Kier alpha value is -2.19. The van der Waals surface area contributed by atoms with E-state index >= 15 is 0 Å². The van der Waals surface area contributed by atoms with Gasteiger partial charge in [-0.1, -0.05) is 0 Å². The number of hydrogen-bond acceptors (Lipinski definition) is 7. The van der Waals surface area contributed by atoms with Crippen molar-refractivity contribution >= 4 is 29.0 Å². The molecule has 2 aliphatic heterocycles. The van der Waals surface area contributed by atoms with Crippen LogP contribution in [0.2, 0.25) is 0 Å². The van der Waals surface area contributed by atoms with Crippen LogP contribution >= 0.6 is 0 Å². The number of anilines is 3. The average molecular weight is 348 g/mol. The summed E-state index contributed by atoms with van der Waals surface area (Å²) >= 11 is 0. The second-order valence-electron chi connectivity index (χ2n) is 6.17. The van der Waals surface area contributed by atoms with Gasteiger partial charge in [-0.25, -0.2) is 4.98 Å². The lowest BCUT2D eigenvalue weighted by atomic mass is 10.2. The van der Waals surface area contributed by atoms with E-state index in [1.54, 1.807) is 0 Å². The summed E-state index contributed by atoms with van der Waals surface area (Å²) in [6.45, 7) is 7.07. The Morgan fingerprint density at radius 1 is 1.04 bits per heavy atom. The fraction of sp³-hybridized carbons (Fsp3) is 0.588. The Morgan fingerprint density at radius 3 is 2.24 bits per heavy atom. The molecule has 2 fully saturated rings. The third kappa shape index (κ3) is 4.67. The van der Waals surface area contributed by atoms with E-state index < -0.39 is 0 Å². The number of rotatable bonds is 5. The molecule has 8 nitrogen and oxygen atoms in total. The van der Waals surface area contributed by atoms with Crippen molar-refractivity contribution in [1.82, 2.24) is 4.98 Å². The minimum absolute atomic E-state index is 0.131. The van der Waals surface area contributed by atoms with E-state index in [9.17, 15) is 9.59 Å².